The number of nitrogens with zero attached hydrogens (tertiary/aromatic N) is 1. The van der Waals surface area contributed by atoms with Crippen LogP contribution in [0.1, 0.15) is 18.4 Å². The molecule has 2 N–H and O–H groups in total. The van der Waals surface area contributed by atoms with Gasteiger partial charge in [-0.25, -0.2) is 4.79 Å². The predicted molar refractivity (Wildman–Crippen MR) is 86.7 cm³/mol. The van der Waals surface area contributed by atoms with Gasteiger partial charge in [-0.15, -0.1) is 11.8 Å². The van der Waals surface area contributed by atoms with E-state index in [2.05, 4.69) is 36.5 Å². The van der Waals surface area contributed by atoms with Crippen molar-refractivity contribution in [1.29, 1.82) is 0 Å². The predicted octanol–water partition coefficient (Wildman–Crippen LogP) is 2.50. The van der Waals surface area contributed by atoms with E-state index in [1.165, 1.54) is 10.5 Å². The van der Waals surface area contributed by atoms with Crippen LogP contribution in [-0.4, -0.2) is 48.0 Å². The molecule has 0 aromatic heterocycles. The van der Waals surface area contributed by atoms with E-state index in [9.17, 15) is 9.90 Å². The number of rotatable bonds is 7. The number of aliphatic hydroxyl groups excluding tert-OH is 1. The average molecular weight is 308 g/mol. The minimum atomic E-state index is -0.373. The number of aryl methyl sites for hydroxylation is 1. The minimum Gasteiger partial charge on any atom is -0.391 e. The Balaban J connectivity index is 1.60. The lowest BCUT2D eigenvalue weighted by Crippen LogP contribution is -2.42. The van der Waals surface area contributed by atoms with Gasteiger partial charge in [-0.2, -0.15) is 0 Å². The number of carbonyl (C=O) groups is 1. The van der Waals surface area contributed by atoms with Gasteiger partial charge in [-0.3, -0.25) is 0 Å². The smallest absolute Gasteiger partial charge is 0.317 e. The molecule has 0 spiro atoms. The summed E-state index contributed by atoms with van der Waals surface area (Å²) in [4.78, 5) is 14.7. The van der Waals surface area contributed by atoms with E-state index in [0.717, 1.165) is 18.6 Å². The fourth-order valence-corrected chi connectivity index (χ4v) is 2.86. The Morgan fingerprint density at radius 3 is 2.71 bits per heavy atom. The number of aliphatic hydroxyl groups is 1. The summed E-state index contributed by atoms with van der Waals surface area (Å²) in [6, 6.07) is 8.26. The van der Waals surface area contributed by atoms with E-state index in [0.29, 0.717) is 19.0 Å². The lowest BCUT2D eigenvalue weighted by Gasteiger charge is -2.21. The molecular weight excluding hydrogens is 284 g/mol. The molecule has 1 aromatic rings. The number of likely N-dealkylation sites (N-methyl/N-ethyl adjacent to an activating group) is 1. The summed E-state index contributed by atoms with van der Waals surface area (Å²) in [6.45, 7) is 3.11. The van der Waals surface area contributed by atoms with Crippen molar-refractivity contribution in [1.82, 2.24) is 10.2 Å². The molecular formula is C16H24N2O2S. The van der Waals surface area contributed by atoms with Gasteiger partial charge in [-0.05, 0) is 37.8 Å². The van der Waals surface area contributed by atoms with Gasteiger partial charge < -0.3 is 15.3 Å². The molecule has 0 heterocycles. The van der Waals surface area contributed by atoms with Crippen LogP contribution in [0.25, 0.3) is 0 Å². The SMILES string of the molecule is Cc1ccc(SCCNC(=O)N(C)CC(O)C2CC2)cc1. The van der Waals surface area contributed by atoms with Gasteiger partial charge >= 0.3 is 6.03 Å². The maximum Gasteiger partial charge on any atom is 0.317 e. The number of amides is 2. The maximum absolute atomic E-state index is 11.9. The van der Waals surface area contributed by atoms with Gasteiger partial charge in [0.15, 0.2) is 0 Å². The van der Waals surface area contributed by atoms with E-state index >= 15 is 0 Å². The molecule has 0 radical (unpaired) electrons. The first-order valence-corrected chi connectivity index (χ1v) is 8.41. The number of hydrogen-bond acceptors (Lipinski definition) is 3. The van der Waals surface area contributed by atoms with Gasteiger partial charge in [0.25, 0.3) is 0 Å². The van der Waals surface area contributed by atoms with Crippen LogP contribution >= 0.6 is 11.8 Å². The molecule has 0 bridgehead atoms. The fourth-order valence-electron chi connectivity index (χ4n) is 2.09. The second kappa shape index (κ2) is 7.71. The molecule has 1 saturated carbocycles. The highest BCUT2D eigenvalue weighted by Gasteiger charge is 2.31. The lowest BCUT2D eigenvalue weighted by atomic mass is 10.2. The van der Waals surface area contributed by atoms with Crippen LogP contribution in [0.2, 0.25) is 0 Å². The molecule has 1 aliphatic rings. The molecule has 0 saturated heterocycles. The van der Waals surface area contributed by atoms with Gasteiger partial charge in [0, 0.05) is 30.8 Å². The number of urea groups is 1. The van der Waals surface area contributed by atoms with Crippen molar-refractivity contribution in [2.45, 2.75) is 30.8 Å². The third kappa shape index (κ3) is 5.59. The van der Waals surface area contributed by atoms with Crippen molar-refractivity contribution >= 4 is 17.8 Å². The lowest BCUT2D eigenvalue weighted by molar-refractivity contribution is 0.113. The van der Waals surface area contributed by atoms with Crippen molar-refractivity contribution in [2.24, 2.45) is 5.92 Å². The molecule has 1 unspecified atom stereocenters. The number of thioether (sulfide) groups is 1. The van der Waals surface area contributed by atoms with Crippen molar-refractivity contribution in [3.8, 4) is 0 Å². The fraction of sp³-hybridized carbons (Fsp3) is 0.562. The summed E-state index contributed by atoms with van der Waals surface area (Å²) >= 11 is 1.73. The molecule has 116 valence electrons. The molecule has 1 fully saturated rings. The Labute approximate surface area is 130 Å². The summed E-state index contributed by atoms with van der Waals surface area (Å²) in [5, 5.41) is 12.7. The maximum atomic E-state index is 11.9. The monoisotopic (exact) mass is 308 g/mol. The number of nitrogens with one attached hydrogen (secondary N) is 1. The van der Waals surface area contributed by atoms with Crippen LogP contribution in [0, 0.1) is 12.8 Å². The third-order valence-corrected chi connectivity index (χ3v) is 4.66. The standard InChI is InChI=1S/C16H24N2O2S/c1-12-3-7-14(8-4-12)21-10-9-17-16(20)18(2)11-15(19)13-5-6-13/h3-4,7-8,13,15,19H,5-6,9-11H2,1-2H3,(H,17,20). The van der Waals surface area contributed by atoms with E-state index in [1.54, 1.807) is 23.7 Å². The zero-order valence-electron chi connectivity index (χ0n) is 12.7. The van der Waals surface area contributed by atoms with E-state index in [4.69, 9.17) is 0 Å². The average Bonchev–Trinajstić information content (AvgIpc) is 3.29. The Bertz CT molecular complexity index is 460. The Morgan fingerprint density at radius 2 is 2.10 bits per heavy atom. The van der Waals surface area contributed by atoms with Gasteiger partial charge in [-0.1, -0.05) is 17.7 Å². The first-order chi connectivity index (χ1) is 10.1. The summed E-state index contributed by atoms with van der Waals surface area (Å²) in [5.74, 6) is 1.24. The first kappa shape index (κ1) is 16.2. The Kier molecular flexibility index (Phi) is 5.94. The molecule has 1 aliphatic carbocycles. The molecule has 2 amide bonds. The second-order valence-electron chi connectivity index (χ2n) is 5.68. The van der Waals surface area contributed by atoms with Crippen LogP contribution in [0.5, 0.6) is 0 Å². The summed E-state index contributed by atoms with van der Waals surface area (Å²) < 4.78 is 0. The third-order valence-electron chi connectivity index (χ3n) is 3.64. The van der Waals surface area contributed by atoms with Crippen molar-refractivity contribution in [3.63, 3.8) is 0 Å². The number of carbonyl (C=O) groups excluding carboxylic acids is 1. The molecule has 21 heavy (non-hydrogen) atoms. The number of benzene rings is 1. The van der Waals surface area contributed by atoms with E-state index in [-0.39, 0.29) is 12.1 Å². The highest BCUT2D eigenvalue weighted by molar-refractivity contribution is 7.99. The molecule has 2 rings (SSSR count). The Hall–Kier alpha value is -1.20. The normalized spacial score (nSPS) is 15.6. The van der Waals surface area contributed by atoms with Crippen LogP contribution < -0.4 is 5.32 Å². The highest BCUT2D eigenvalue weighted by Crippen LogP contribution is 2.32. The topological polar surface area (TPSA) is 52.6 Å². The van der Waals surface area contributed by atoms with Gasteiger partial charge in [0.1, 0.15) is 0 Å². The largest absolute Gasteiger partial charge is 0.391 e. The Morgan fingerprint density at radius 1 is 1.43 bits per heavy atom. The van der Waals surface area contributed by atoms with Crippen LogP contribution in [-0.2, 0) is 0 Å². The molecule has 1 atom stereocenters. The van der Waals surface area contributed by atoms with Gasteiger partial charge in [0.2, 0.25) is 0 Å². The van der Waals surface area contributed by atoms with E-state index < -0.39 is 0 Å². The molecule has 5 heteroatoms. The zero-order valence-corrected chi connectivity index (χ0v) is 13.5. The van der Waals surface area contributed by atoms with Gasteiger partial charge in [0.05, 0.1) is 6.10 Å². The number of hydrogen-bond donors (Lipinski definition) is 2. The molecule has 4 nitrogen and oxygen atoms in total. The minimum absolute atomic E-state index is 0.112. The molecule has 1 aromatic carbocycles. The first-order valence-electron chi connectivity index (χ1n) is 7.43. The van der Waals surface area contributed by atoms with Crippen LogP contribution in [0.3, 0.4) is 0 Å². The van der Waals surface area contributed by atoms with Crippen molar-refractivity contribution in [2.75, 3.05) is 25.9 Å². The highest BCUT2D eigenvalue weighted by atomic mass is 32.2. The summed E-state index contributed by atoms with van der Waals surface area (Å²) in [5.41, 5.74) is 1.25. The zero-order chi connectivity index (χ0) is 15.2. The van der Waals surface area contributed by atoms with Crippen molar-refractivity contribution < 1.29 is 9.90 Å². The second-order valence-corrected chi connectivity index (χ2v) is 6.85. The van der Waals surface area contributed by atoms with Crippen LogP contribution in [0.4, 0.5) is 4.79 Å². The molecule has 0 aliphatic heterocycles. The summed E-state index contributed by atoms with van der Waals surface area (Å²) in [6.07, 6.45) is 1.80. The van der Waals surface area contributed by atoms with Crippen LogP contribution in [0.15, 0.2) is 29.2 Å². The van der Waals surface area contributed by atoms with E-state index in [1.807, 2.05) is 0 Å². The summed E-state index contributed by atoms with van der Waals surface area (Å²) in [7, 11) is 1.73. The van der Waals surface area contributed by atoms with Crippen molar-refractivity contribution in [3.05, 3.63) is 29.8 Å². The quantitative estimate of drug-likeness (QED) is 0.601.